The minimum Gasteiger partial charge on any atom is -0.308 e. The van der Waals surface area contributed by atoms with Crippen molar-refractivity contribution < 1.29 is 0 Å². The van der Waals surface area contributed by atoms with Crippen LogP contribution >= 0.6 is 15.9 Å². The fourth-order valence-electron chi connectivity index (χ4n) is 3.25. The van der Waals surface area contributed by atoms with Crippen LogP contribution in [0.1, 0.15) is 42.1 Å². The van der Waals surface area contributed by atoms with Crippen LogP contribution in [0.25, 0.3) is 0 Å². The molecule has 2 unspecified atom stereocenters. The van der Waals surface area contributed by atoms with Crippen LogP contribution in [0.3, 0.4) is 0 Å². The molecule has 106 valence electrons. The van der Waals surface area contributed by atoms with Crippen LogP contribution in [-0.4, -0.2) is 21.5 Å². The van der Waals surface area contributed by atoms with Gasteiger partial charge >= 0.3 is 0 Å². The van der Waals surface area contributed by atoms with Crippen LogP contribution in [0.5, 0.6) is 0 Å². The topological polar surface area (TPSA) is 42.7 Å². The molecule has 1 aliphatic carbocycles. The number of nitrogens with zero attached hydrogens (tertiary/aromatic N) is 3. The Morgan fingerprint density at radius 2 is 2.25 bits per heavy atom. The molecule has 20 heavy (non-hydrogen) atoms. The Kier molecular flexibility index (Phi) is 3.89. The lowest BCUT2D eigenvalue weighted by atomic mass is 9.91. The Labute approximate surface area is 127 Å². The van der Waals surface area contributed by atoms with Gasteiger partial charge < -0.3 is 5.32 Å². The number of halogens is 1. The zero-order chi connectivity index (χ0) is 14.1. The number of hydrogen-bond acceptors (Lipinski definition) is 3. The number of fused-ring (bicyclic) bond motifs is 1. The standard InChI is InChI=1S/C15H19BrN4/c1-3-17-13(14-15(16)18-19-20(14)2)12-9-8-10-6-4-5-7-11(10)12/h4-7,12-13,17H,3,8-9H2,1-2H3. The monoisotopic (exact) mass is 334 g/mol. The number of aryl methyl sites for hydroxylation is 2. The van der Waals surface area contributed by atoms with Crippen molar-refractivity contribution in [3.05, 3.63) is 45.7 Å². The van der Waals surface area contributed by atoms with Crippen molar-refractivity contribution in [2.45, 2.75) is 31.7 Å². The molecule has 4 nitrogen and oxygen atoms in total. The van der Waals surface area contributed by atoms with Crippen molar-refractivity contribution >= 4 is 15.9 Å². The van der Waals surface area contributed by atoms with E-state index in [9.17, 15) is 0 Å². The Morgan fingerprint density at radius 1 is 1.45 bits per heavy atom. The first-order chi connectivity index (χ1) is 9.72. The second kappa shape index (κ2) is 5.66. The zero-order valence-corrected chi connectivity index (χ0v) is 13.4. The molecule has 0 radical (unpaired) electrons. The summed E-state index contributed by atoms with van der Waals surface area (Å²) in [6.07, 6.45) is 2.33. The summed E-state index contributed by atoms with van der Waals surface area (Å²) in [5.41, 5.74) is 4.08. The van der Waals surface area contributed by atoms with Gasteiger partial charge in [0.05, 0.1) is 11.7 Å². The Balaban J connectivity index is 2.01. The highest BCUT2D eigenvalue weighted by Gasteiger charge is 2.33. The fourth-order valence-corrected chi connectivity index (χ4v) is 3.83. The quantitative estimate of drug-likeness (QED) is 0.934. The maximum absolute atomic E-state index is 4.14. The van der Waals surface area contributed by atoms with Crippen LogP contribution in [-0.2, 0) is 13.5 Å². The first kappa shape index (κ1) is 13.8. The predicted octanol–water partition coefficient (Wildman–Crippen LogP) is 2.96. The summed E-state index contributed by atoms with van der Waals surface area (Å²) in [6.45, 7) is 3.08. The number of likely N-dealkylation sites (N-methyl/N-ethyl adjacent to an activating group) is 1. The van der Waals surface area contributed by atoms with Crippen LogP contribution in [0.15, 0.2) is 28.9 Å². The van der Waals surface area contributed by atoms with E-state index in [0.717, 1.165) is 23.3 Å². The molecule has 3 rings (SSSR count). The summed E-state index contributed by atoms with van der Waals surface area (Å²) < 4.78 is 2.72. The highest BCUT2D eigenvalue weighted by molar-refractivity contribution is 9.10. The van der Waals surface area contributed by atoms with Crippen molar-refractivity contribution in [2.24, 2.45) is 7.05 Å². The summed E-state index contributed by atoms with van der Waals surface area (Å²) in [7, 11) is 1.96. The van der Waals surface area contributed by atoms with Gasteiger partial charge in [0.2, 0.25) is 0 Å². The van der Waals surface area contributed by atoms with Gasteiger partial charge in [-0.1, -0.05) is 36.4 Å². The molecule has 0 amide bonds. The van der Waals surface area contributed by atoms with Crippen LogP contribution < -0.4 is 5.32 Å². The third-order valence-electron chi connectivity index (χ3n) is 4.13. The third-order valence-corrected chi connectivity index (χ3v) is 4.69. The van der Waals surface area contributed by atoms with Crippen molar-refractivity contribution in [3.63, 3.8) is 0 Å². The van der Waals surface area contributed by atoms with Crippen LogP contribution in [0.4, 0.5) is 0 Å². The lowest BCUT2D eigenvalue weighted by Gasteiger charge is -2.25. The third kappa shape index (κ3) is 2.29. The van der Waals surface area contributed by atoms with E-state index in [1.807, 2.05) is 11.7 Å². The molecule has 1 aromatic carbocycles. The van der Waals surface area contributed by atoms with Gasteiger partial charge in [0.1, 0.15) is 0 Å². The molecule has 0 aliphatic heterocycles. The van der Waals surface area contributed by atoms with Gasteiger partial charge in [-0.15, -0.1) is 5.10 Å². The van der Waals surface area contributed by atoms with Crippen molar-refractivity contribution in [3.8, 4) is 0 Å². The normalized spacial score (nSPS) is 19.1. The van der Waals surface area contributed by atoms with Gasteiger partial charge in [0, 0.05) is 13.0 Å². The number of nitrogens with one attached hydrogen (secondary N) is 1. The van der Waals surface area contributed by atoms with Crippen molar-refractivity contribution in [1.29, 1.82) is 0 Å². The van der Waals surface area contributed by atoms with Gasteiger partial charge in [0.25, 0.3) is 0 Å². The van der Waals surface area contributed by atoms with Gasteiger partial charge in [-0.25, -0.2) is 4.68 Å². The van der Waals surface area contributed by atoms with Crippen molar-refractivity contribution in [1.82, 2.24) is 20.3 Å². The Bertz CT molecular complexity index is 588. The van der Waals surface area contributed by atoms with E-state index >= 15 is 0 Å². The second-order valence-corrected chi connectivity index (χ2v) is 6.02. The molecule has 2 aromatic rings. The molecule has 2 atom stereocenters. The van der Waals surface area contributed by atoms with Gasteiger partial charge in [0.15, 0.2) is 4.60 Å². The maximum Gasteiger partial charge on any atom is 0.153 e. The fraction of sp³-hybridized carbons (Fsp3) is 0.467. The van der Waals surface area contributed by atoms with E-state index in [4.69, 9.17) is 0 Å². The molecule has 1 heterocycles. The lowest BCUT2D eigenvalue weighted by molar-refractivity contribution is 0.426. The molecule has 5 heteroatoms. The molecule has 1 aliphatic rings. The summed E-state index contributed by atoms with van der Waals surface area (Å²) >= 11 is 3.54. The summed E-state index contributed by atoms with van der Waals surface area (Å²) in [6, 6.07) is 9.02. The van der Waals surface area contributed by atoms with Gasteiger partial charge in [-0.2, -0.15) is 0 Å². The highest BCUT2D eigenvalue weighted by Crippen LogP contribution is 2.42. The lowest BCUT2D eigenvalue weighted by Crippen LogP contribution is -2.28. The first-order valence-electron chi connectivity index (χ1n) is 7.08. The average Bonchev–Trinajstić information content (AvgIpc) is 3.01. The molecular weight excluding hydrogens is 316 g/mol. The first-order valence-corrected chi connectivity index (χ1v) is 7.88. The van der Waals surface area contributed by atoms with E-state index in [2.05, 4.69) is 62.7 Å². The predicted molar refractivity (Wildman–Crippen MR) is 82.6 cm³/mol. The van der Waals surface area contributed by atoms with E-state index in [1.54, 1.807) is 0 Å². The average molecular weight is 335 g/mol. The van der Waals surface area contributed by atoms with E-state index in [-0.39, 0.29) is 6.04 Å². The highest BCUT2D eigenvalue weighted by atomic mass is 79.9. The van der Waals surface area contributed by atoms with Crippen molar-refractivity contribution in [2.75, 3.05) is 6.54 Å². The smallest absolute Gasteiger partial charge is 0.153 e. The maximum atomic E-state index is 4.14. The molecule has 0 fully saturated rings. The van der Waals surface area contributed by atoms with Gasteiger partial charge in [-0.3, -0.25) is 0 Å². The molecule has 0 spiro atoms. The largest absolute Gasteiger partial charge is 0.308 e. The minimum absolute atomic E-state index is 0.248. The van der Waals surface area contributed by atoms with E-state index < -0.39 is 0 Å². The molecule has 0 saturated carbocycles. The number of rotatable bonds is 4. The summed E-state index contributed by atoms with van der Waals surface area (Å²) in [5.74, 6) is 0.486. The zero-order valence-electron chi connectivity index (χ0n) is 11.8. The summed E-state index contributed by atoms with van der Waals surface area (Å²) in [4.78, 5) is 0. The molecule has 0 bridgehead atoms. The number of hydrogen-bond donors (Lipinski definition) is 1. The Hall–Kier alpha value is -1.20. The molecule has 1 N–H and O–H groups in total. The van der Waals surface area contributed by atoms with Crippen LogP contribution in [0, 0.1) is 0 Å². The summed E-state index contributed by atoms with van der Waals surface area (Å²) in [5, 5.41) is 11.9. The number of benzene rings is 1. The minimum atomic E-state index is 0.248. The number of aromatic nitrogens is 3. The second-order valence-electron chi connectivity index (χ2n) is 5.27. The molecular formula is C15H19BrN4. The SMILES string of the molecule is CCNC(c1c(Br)nnn1C)C1CCc2ccccc21. The van der Waals surface area contributed by atoms with Crippen LogP contribution in [0.2, 0.25) is 0 Å². The van der Waals surface area contributed by atoms with E-state index in [1.165, 1.54) is 17.5 Å². The van der Waals surface area contributed by atoms with E-state index in [0.29, 0.717) is 5.92 Å². The van der Waals surface area contributed by atoms with Gasteiger partial charge in [-0.05, 0) is 46.4 Å². The molecule has 1 aromatic heterocycles. The molecule has 0 saturated heterocycles. The Morgan fingerprint density at radius 3 is 2.95 bits per heavy atom.